The van der Waals surface area contributed by atoms with Crippen molar-refractivity contribution in [2.45, 2.75) is 25.3 Å². The molecule has 12 heteroatoms. The summed E-state index contributed by atoms with van der Waals surface area (Å²) in [5.41, 5.74) is 2.37. The molecule has 6 nitrogen and oxygen atoms in total. The zero-order valence-corrected chi connectivity index (χ0v) is 18.3. The fraction of sp³-hybridized carbons (Fsp3) is 0.250. The summed E-state index contributed by atoms with van der Waals surface area (Å²) >= 11 is 0. The van der Waals surface area contributed by atoms with E-state index in [1.54, 1.807) is 12.3 Å². The predicted molar refractivity (Wildman–Crippen MR) is 114 cm³/mol. The molecular weight excluding hydrogens is 494 g/mol. The highest BCUT2D eigenvalue weighted by atomic mass is 19.4. The van der Waals surface area contributed by atoms with Crippen molar-refractivity contribution in [3.8, 4) is 22.6 Å². The van der Waals surface area contributed by atoms with Gasteiger partial charge in [-0.2, -0.15) is 0 Å². The first-order valence-electron chi connectivity index (χ1n) is 10.5. The molecule has 0 bridgehead atoms. The van der Waals surface area contributed by atoms with Crippen molar-refractivity contribution < 1.29 is 45.3 Å². The highest BCUT2D eigenvalue weighted by Gasteiger charge is 2.33. The topological polar surface area (TPSA) is 60.9 Å². The van der Waals surface area contributed by atoms with Crippen molar-refractivity contribution in [2.75, 3.05) is 13.2 Å². The van der Waals surface area contributed by atoms with Crippen LogP contribution in [0.2, 0.25) is 0 Å². The summed E-state index contributed by atoms with van der Waals surface area (Å²) < 4.78 is 87.6. The van der Waals surface area contributed by atoms with Crippen LogP contribution in [0.5, 0.6) is 11.5 Å². The molecule has 190 valence electrons. The number of morpholine rings is 1. The zero-order valence-electron chi connectivity index (χ0n) is 18.3. The summed E-state index contributed by atoms with van der Waals surface area (Å²) in [5, 5.41) is 0. The molecule has 36 heavy (non-hydrogen) atoms. The first-order valence-corrected chi connectivity index (χ1v) is 10.5. The van der Waals surface area contributed by atoms with E-state index < -0.39 is 18.8 Å². The molecule has 1 aliphatic heterocycles. The summed E-state index contributed by atoms with van der Waals surface area (Å²) in [7, 11) is 0. The number of carbonyl (C=O) groups is 1. The van der Waals surface area contributed by atoms with Gasteiger partial charge in [0.25, 0.3) is 0 Å². The summed E-state index contributed by atoms with van der Waals surface area (Å²) in [5.74, 6) is -1.06. The van der Waals surface area contributed by atoms with Gasteiger partial charge in [0.15, 0.2) is 0 Å². The molecule has 0 radical (unpaired) electrons. The Labute approximate surface area is 201 Å². The maximum Gasteiger partial charge on any atom is 0.573 e. The van der Waals surface area contributed by atoms with E-state index in [0.29, 0.717) is 22.3 Å². The Morgan fingerprint density at radius 2 is 1.44 bits per heavy atom. The first kappa shape index (κ1) is 25.3. The monoisotopic (exact) mass is 512 g/mol. The van der Waals surface area contributed by atoms with Gasteiger partial charge in [0, 0.05) is 24.5 Å². The third-order valence-electron chi connectivity index (χ3n) is 5.27. The van der Waals surface area contributed by atoms with Crippen LogP contribution in [0, 0.1) is 0 Å². The first-order chi connectivity index (χ1) is 17.0. The third kappa shape index (κ3) is 6.66. The number of rotatable bonds is 6. The number of halogens is 6. The van der Waals surface area contributed by atoms with E-state index in [4.69, 9.17) is 4.74 Å². The number of carbonyl (C=O) groups excluding carboxylic acids is 1. The second kappa shape index (κ2) is 10.1. The van der Waals surface area contributed by atoms with E-state index in [9.17, 15) is 31.1 Å². The Morgan fingerprint density at radius 3 is 2.03 bits per heavy atom. The van der Waals surface area contributed by atoms with Crippen LogP contribution in [-0.2, 0) is 16.1 Å². The van der Waals surface area contributed by atoms with Gasteiger partial charge in [-0.15, -0.1) is 26.3 Å². The third-order valence-corrected chi connectivity index (χ3v) is 5.27. The van der Waals surface area contributed by atoms with Gasteiger partial charge in [-0.05, 0) is 47.0 Å². The number of pyridine rings is 1. The summed E-state index contributed by atoms with van der Waals surface area (Å²) in [6.07, 6.45) is -6.54. The molecule has 2 heterocycles. The van der Waals surface area contributed by atoms with Crippen molar-refractivity contribution in [2.24, 2.45) is 0 Å². The number of amides is 1. The Kier molecular flexibility index (Phi) is 7.07. The molecule has 0 aliphatic carbocycles. The van der Waals surface area contributed by atoms with Gasteiger partial charge in [0.05, 0.1) is 12.6 Å². The number of hydrogen-bond donors (Lipinski definition) is 0. The summed E-state index contributed by atoms with van der Waals surface area (Å²) in [6.45, 7) is 0.108. The average molecular weight is 512 g/mol. The summed E-state index contributed by atoms with van der Waals surface area (Å²) in [6, 6.07) is 11.7. The minimum atomic E-state index is -4.81. The number of nitrogens with zero attached hydrogens (tertiary/aromatic N) is 2. The van der Waals surface area contributed by atoms with Crippen LogP contribution in [0.15, 0.2) is 67.0 Å². The lowest BCUT2D eigenvalue weighted by Crippen LogP contribution is -2.43. The van der Waals surface area contributed by atoms with Crippen LogP contribution in [-0.4, -0.2) is 41.7 Å². The number of alkyl halides is 6. The molecule has 1 fully saturated rings. The summed E-state index contributed by atoms with van der Waals surface area (Å²) in [4.78, 5) is 18.4. The molecule has 0 N–H and O–H groups in total. The zero-order chi connectivity index (χ0) is 25.9. The second-order valence-electron chi connectivity index (χ2n) is 7.82. The van der Waals surface area contributed by atoms with Gasteiger partial charge < -0.3 is 19.1 Å². The lowest BCUT2D eigenvalue weighted by atomic mass is 10.0. The van der Waals surface area contributed by atoms with E-state index in [-0.39, 0.29) is 37.2 Å². The van der Waals surface area contributed by atoms with Gasteiger partial charge in [-0.25, -0.2) is 0 Å². The second-order valence-corrected chi connectivity index (χ2v) is 7.82. The van der Waals surface area contributed by atoms with Crippen molar-refractivity contribution in [1.29, 1.82) is 0 Å². The van der Waals surface area contributed by atoms with Crippen LogP contribution in [0.4, 0.5) is 26.3 Å². The lowest BCUT2D eigenvalue weighted by Gasteiger charge is -2.36. The number of aromatic nitrogens is 1. The van der Waals surface area contributed by atoms with Crippen LogP contribution in [0.25, 0.3) is 11.1 Å². The van der Waals surface area contributed by atoms with Gasteiger partial charge in [0.1, 0.15) is 18.1 Å². The van der Waals surface area contributed by atoms with Crippen LogP contribution < -0.4 is 9.47 Å². The largest absolute Gasteiger partial charge is 0.573 e. The number of ether oxygens (including phenoxy) is 3. The maximum atomic E-state index is 12.6. The predicted octanol–water partition coefficient (Wildman–Crippen LogP) is 5.65. The van der Waals surface area contributed by atoms with Crippen molar-refractivity contribution in [3.63, 3.8) is 0 Å². The molecule has 1 aromatic heterocycles. The van der Waals surface area contributed by atoms with E-state index in [0.717, 1.165) is 12.1 Å². The van der Waals surface area contributed by atoms with E-state index in [1.807, 2.05) is 0 Å². The Hall–Kier alpha value is -3.80. The normalized spacial score (nSPS) is 16.7. The van der Waals surface area contributed by atoms with E-state index in [1.165, 1.54) is 47.5 Å². The van der Waals surface area contributed by atoms with E-state index >= 15 is 0 Å². The average Bonchev–Trinajstić information content (AvgIpc) is 2.80. The smallest absolute Gasteiger partial charge is 0.406 e. The van der Waals surface area contributed by atoms with Crippen LogP contribution in [0.1, 0.15) is 17.2 Å². The molecule has 4 rings (SSSR count). The fourth-order valence-corrected chi connectivity index (χ4v) is 3.72. The van der Waals surface area contributed by atoms with Gasteiger partial charge >= 0.3 is 12.7 Å². The number of hydrogen-bond acceptors (Lipinski definition) is 5. The minimum absolute atomic E-state index is 0.104. The molecule has 2 aromatic carbocycles. The maximum absolute atomic E-state index is 12.6. The molecule has 1 amide bonds. The fourth-order valence-electron chi connectivity index (χ4n) is 3.72. The van der Waals surface area contributed by atoms with Crippen molar-refractivity contribution >= 4 is 5.91 Å². The molecule has 3 aromatic rings. The Morgan fingerprint density at radius 1 is 0.861 bits per heavy atom. The highest BCUT2D eigenvalue weighted by molar-refractivity contribution is 5.79. The van der Waals surface area contributed by atoms with Crippen LogP contribution in [0.3, 0.4) is 0 Å². The lowest BCUT2D eigenvalue weighted by molar-refractivity contribution is -0.275. The van der Waals surface area contributed by atoms with Crippen LogP contribution >= 0.6 is 0 Å². The molecule has 1 saturated heterocycles. The minimum Gasteiger partial charge on any atom is -0.406 e. The standard InChI is InChI=1S/C24H18F6N2O4/c25-23(26,27)35-19-5-1-15(2-6-19)12-32-21(13-34-14-22(32)33)18-9-17(10-31-11-18)16-3-7-20(8-4-16)36-24(28,29)30/h1-11,21H,12-14H2. The van der Waals surface area contributed by atoms with Gasteiger partial charge in [-0.3, -0.25) is 9.78 Å². The Balaban J connectivity index is 1.53. The Bertz CT molecular complexity index is 1200. The van der Waals surface area contributed by atoms with Crippen molar-refractivity contribution in [3.05, 3.63) is 78.1 Å². The SMILES string of the molecule is O=C1COCC(c2cncc(-c3ccc(OC(F)(F)F)cc3)c2)N1Cc1ccc(OC(F)(F)F)cc1. The quantitative estimate of drug-likeness (QED) is 0.400. The van der Waals surface area contributed by atoms with Gasteiger partial charge in [0.2, 0.25) is 5.91 Å². The molecule has 1 aliphatic rings. The van der Waals surface area contributed by atoms with E-state index in [2.05, 4.69) is 14.5 Å². The molecule has 0 spiro atoms. The molecule has 1 atom stereocenters. The molecule has 1 unspecified atom stereocenters. The molecule has 0 saturated carbocycles. The number of benzene rings is 2. The highest BCUT2D eigenvalue weighted by Crippen LogP contribution is 2.31. The van der Waals surface area contributed by atoms with Gasteiger partial charge in [-0.1, -0.05) is 24.3 Å². The molecular formula is C24H18F6N2O4. The van der Waals surface area contributed by atoms with Crippen molar-refractivity contribution in [1.82, 2.24) is 9.88 Å².